The summed E-state index contributed by atoms with van der Waals surface area (Å²) in [6, 6.07) is -0.504. The van der Waals surface area contributed by atoms with Gasteiger partial charge in [0.05, 0.1) is 12.6 Å². The quantitative estimate of drug-likeness (QED) is 0.702. The molecule has 1 aliphatic heterocycles. The highest BCUT2D eigenvalue weighted by atomic mass is 16.2. The number of likely N-dealkylation sites (N-methyl/N-ethyl adjacent to an activating group) is 1. The molecule has 1 saturated heterocycles. The number of hydrogen-bond acceptors (Lipinski definition) is 3. The summed E-state index contributed by atoms with van der Waals surface area (Å²) in [7, 11) is 1.76. The first-order valence-corrected chi connectivity index (χ1v) is 5.71. The molecule has 0 aromatic carbocycles. The Morgan fingerprint density at radius 2 is 2.00 bits per heavy atom. The largest absolute Gasteiger partial charge is 0.344 e. The first kappa shape index (κ1) is 13.0. The molecule has 0 radical (unpaired) electrons. The lowest BCUT2D eigenvalue weighted by Crippen LogP contribution is -2.48. The lowest BCUT2D eigenvalue weighted by molar-refractivity contribution is -0.139. The fourth-order valence-electron chi connectivity index (χ4n) is 1.67. The van der Waals surface area contributed by atoms with Crippen molar-refractivity contribution in [3.8, 4) is 0 Å². The Morgan fingerprint density at radius 3 is 2.56 bits per heavy atom. The zero-order valence-corrected chi connectivity index (χ0v) is 10.3. The molecule has 0 aliphatic carbocycles. The monoisotopic (exact) mass is 227 g/mol. The van der Waals surface area contributed by atoms with E-state index in [2.05, 4.69) is 0 Å². The second kappa shape index (κ2) is 5.30. The predicted octanol–water partition coefficient (Wildman–Crippen LogP) is -0.340. The number of carbonyl (C=O) groups is 2. The summed E-state index contributed by atoms with van der Waals surface area (Å²) in [4.78, 5) is 26.8. The Labute approximate surface area is 96.6 Å². The maximum atomic E-state index is 12.0. The standard InChI is InChI=1S/C11H21N3O2/c1-8(2)10(12)11(16)14-6-4-5-13(3)9(15)7-14/h8,10H,4-7,12H2,1-3H3/t10-/m0/s1. The van der Waals surface area contributed by atoms with E-state index in [-0.39, 0.29) is 24.3 Å². The molecule has 16 heavy (non-hydrogen) atoms. The number of carbonyl (C=O) groups excluding carboxylic acids is 2. The molecule has 2 amide bonds. The third-order valence-corrected chi connectivity index (χ3v) is 2.99. The Hall–Kier alpha value is -1.10. The minimum absolute atomic E-state index is 0.0122. The number of nitrogens with zero attached hydrogens (tertiary/aromatic N) is 2. The molecule has 0 saturated carbocycles. The van der Waals surface area contributed by atoms with Crippen molar-refractivity contribution in [3.05, 3.63) is 0 Å². The summed E-state index contributed by atoms with van der Waals surface area (Å²) in [5.41, 5.74) is 5.81. The topological polar surface area (TPSA) is 66.6 Å². The first-order chi connectivity index (χ1) is 7.43. The van der Waals surface area contributed by atoms with Crippen LogP contribution < -0.4 is 5.73 Å². The van der Waals surface area contributed by atoms with Crippen molar-refractivity contribution in [1.82, 2.24) is 9.80 Å². The van der Waals surface area contributed by atoms with Crippen LogP contribution in [0, 0.1) is 5.92 Å². The fraction of sp³-hybridized carbons (Fsp3) is 0.818. The first-order valence-electron chi connectivity index (χ1n) is 5.71. The Kier molecular flexibility index (Phi) is 4.29. The molecule has 1 fully saturated rings. The summed E-state index contributed by atoms with van der Waals surface area (Å²) in [6.45, 7) is 5.31. The van der Waals surface area contributed by atoms with Crippen LogP contribution in [-0.2, 0) is 9.59 Å². The van der Waals surface area contributed by atoms with E-state index in [9.17, 15) is 9.59 Å². The third-order valence-electron chi connectivity index (χ3n) is 2.99. The molecule has 5 heteroatoms. The van der Waals surface area contributed by atoms with Crippen LogP contribution >= 0.6 is 0 Å². The molecule has 92 valence electrons. The molecule has 0 aromatic rings. The zero-order valence-electron chi connectivity index (χ0n) is 10.3. The highest BCUT2D eigenvalue weighted by Crippen LogP contribution is 2.08. The lowest BCUT2D eigenvalue weighted by atomic mass is 10.0. The van der Waals surface area contributed by atoms with Crippen molar-refractivity contribution in [2.24, 2.45) is 11.7 Å². The van der Waals surface area contributed by atoms with Gasteiger partial charge in [-0.05, 0) is 12.3 Å². The number of amides is 2. The van der Waals surface area contributed by atoms with Gasteiger partial charge in [0.2, 0.25) is 11.8 Å². The highest BCUT2D eigenvalue weighted by Gasteiger charge is 2.27. The van der Waals surface area contributed by atoms with Crippen LogP contribution in [0.4, 0.5) is 0 Å². The van der Waals surface area contributed by atoms with Gasteiger partial charge in [0, 0.05) is 20.1 Å². The van der Waals surface area contributed by atoms with Crippen molar-refractivity contribution in [3.63, 3.8) is 0 Å². The number of rotatable bonds is 2. The van der Waals surface area contributed by atoms with Crippen LogP contribution in [0.25, 0.3) is 0 Å². The van der Waals surface area contributed by atoms with Crippen molar-refractivity contribution in [2.45, 2.75) is 26.3 Å². The average molecular weight is 227 g/mol. The van der Waals surface area contributed by atoms with Gasteiger partial charge in [0.25, 0.3) is 0 Å². The highest BCUT2D eigenvalue weighted by molar-refractivity contribution is 5.87. The second-order valence-corrected chi connectivity index (χ2v) is 4.70. The van der Waals surface area contributed by atoms with E-state index in [1.807, 2.05) is 13.8 Å². The van der Waals surface area contributed by atoms with Crippen LogP contribution in [0.2, 0.25) is 0 Å². The van der Waals surface area contributed by atoms with Crippen molar-refractivity contribution >= 4 is 11.8 Å². The minimum atomic E-state index is -0.504. The fourth-order valence-corrected chi connectivity index (χ4v) is 1.67. The Balaban J connectivity index is 2.66. The maximum Gasteiger partial charge on any atom is 0.241 e. The Bertz CT molecular complexity index is 278. The van der Waals surface area contributed by atoms with Crippen LogP contribution in [0.15, 0.2) is 0 Å². The molecule has 0 spiro atoms. The van der Waals surface area contributed by atoms with Crippen LogP contribution in [0.3, 0.4) is 0 Å². The molecule has 5 nitrogen and oxygen atoms in total. The van der Waals surface area contributed by atoms with E-state index in [0.29, 0.717) is 13.1 Å². The third kappa shape index (κ3) is 2.95. The van der Waals surface area contributed by atoms with Crippen LogP contribution in [0.1, 0.15) is 20.3 Å². The van der Waals surface area contributed by atoms with Gasteiger partial charge in [-0.15, -0.1) is 0 Å². The van der Waals surface area contributed by atoms with E-state index >= 15 is 0 Å². The number of hydrogen-bond donors (Lipinski definition) is 1. The molecule has 1 atom stereocenters. The van der Waals surface area contributed by atoms with Crippen LogP contribution in [-0.4, -0.2) is 54.3 Å². The van der Waals surface area contributed by atoms with Gasteiger partial charge in [-0.3, -0.25) is 9.59 Å². The van der Waals surface area contributed by atoms with Crippen LogP contribution in [0.5, 0.6) is 0 Å². The molecule has 1 aliphatic rings. The molecule has 0 unspecified atom stereocenters. The van der Waals surface area contributed by atoms with Gasteiger partial charge in [0.1, 0.15) is 0 Å². The summed E-state index contributed by atoms with van der Waals surface area (Å²) >= 11 is 0. The zero-order chi connectivity index (χ0) is 12.3. The summed E-state index contributed by atoms with van der Waals surface area (Å²) in [5.74, 6) is -0.0240. The molecule has 0 aromatic heterocycles. The van der Waals surface area contributed by atoms with E-state index < -0.39 is 6.04 Å². The molecule has 1 rings (SSSR count). The summed E-state index contributed by atoms with van der Waals surface area (Å²) < 4.78 is 0. The molecule has 1 heterocycles. The van der Waals surface area contributed by atoms with Gasteiger partial charge in [-0.2, -0.15) is 0 Å². The Morgan fingerprint density at radius 1 is 1.38 bits per heavy atom. The van der Waals surface area contributed by atoms with Crippen molar-refractivity contribution < 1.29 is 9.59 Å². The van der Waals surface area contributed by atoms with Gasteiger partial charge >= 0.3 is 0 Å². The van der Waals surface area contributed by atoms with Gasteiger partial charge in [-0.1, -0.05) is 13.8 Å². The smallest absolute Gasteiger partial charge is 0.241 e. The van der Waals surface area contributed by atoms with E-state index in [4.69, 9.17) is 5.73 Å². The molecule has 0 bridgehead atoms. The maximum absolute atomic E-state index is 12.0. The van der Waals surface area contributed by atoms with E-state index in [1.165, 1.54) is 0 Å². The van der Waals surface area contributed by atoms with Crippen molar-refractivity contribution in [1.29, 1.82) is 0 Å². The average Bonchev–Trinajstić information content (AvgIpc) is 2.39. The van der Waals surface area contributed by atoms with Gasteiger partial charge < -0.3 is 15.5 Å². The van der Waals surface area contributed by atoms with Crippen molar-refractivity contribution in [2.75, 3.05) is 26.7 Å². The SMILES string of the molecule is CC(C)[C@H](N)C(=O)N1CCCN(C)C(=O)C1. The lowest BCUT2D eigenvalue weighted by Gasteiger charge is -2.25. The number of nitrogens with two attached hydrogens (primary N) is 1. The summed E-state index contributed by atoms with van der Waals surface area (Å²) in [5, 5.41) is 0. The van der Waals surface area contributed by atoms with Gasteiger partial charge in [0.15, 0.2) is 0 Å². The summed E-state index contributed by atoms with van der Waals surface area (Å²) in [6.07, 6.45) is 0.818. The normalized spacial score (nSPS) is 19.9. The predicted molar refractivity (Wildman–Crippen MR) is 61.6 cm³/mol. The van der Waals surface area contributed by atoms with E-state index in [1.54, 1.807) is 16.8 Å². The molecular weight excluding hydrogens is 206 g/mol. The van der Waals surface area contributed by atoms with Gasteiger partial charge in [-0.25, -0.2) is 0 Å². The molecule has 2 N–H and O–H groups in total. The minimum Gasteiger partial charge on any atom is -0.344 e. The molecular formula is C11H21N3O2. The van der Waals surface area contributed by atoms with E-state index in [0.717, 1.165) is 6.42 Å². The second-order valence-electron chi connectivity index (χ2n) is 4.70.